The van der Waals surface area contributed by atoms with Gasteiger partial charge in [-0.15, -0.1) is 0 Å². The SMILES string of the molecule is Cc1cccc(CC(Br)c2cc(Br)c(C)cc2Br)c1. The number of halogens is 3. The first-order chi connectivity index (χ1) is 8.97. The molecule has 1 atom stereocenters. The van der Waals surface area contributed by atoms with E-state index in [1.807, 2.05) is 0 Å². The predicted molar refractivity (Wildman–Crippen MR) is 93.1 cm³/mol. The first-order valence-corrected chi connectivity index (χ1v) is 8.62. The molecule has 0 radical (unpaired) electrons. The number of alkyl halides is 1. The van der Waals surface area contributed by atoms with Crippen molar-refractivity contribution in [3.05, 3.63) is 67.6 Å². The first-order valence-electron chi connectivity index (χ1n) is 6.12. The fraction of sp³-hybridized carbons (Fsp3) is 0.250. The Labute approximate surface area is 140 Å². The molecule has 0 heterocycles. The molecule has 0 aliphatic heterocycles. The molecule has 2 aromatic carbocycles. The van der Waals surface area contributed by atoms with E-state index in [1.165, 1.54) is 22.3 Å². The van der Waals surface area contributed by atoms with Crippen LogP contribution in [0.4, 0.5) is 0 Å². The highest BCUT2D eigenvalue weighted by Gasteiger charge is 2.13. The Hall–Kier alpha value is -0.120. The summed E-state index contributed by atoms with van der Waals surface area (Å²) in [7, 11) is 0. The highest BCUT2D eigenvalue weighted by molar-refractivity contribution is 9.11. The Bertz CT molecular complexity index is 591. The van der Waals surface area contributed by atoms with Crippen molar-refractivity contribution >= 4 is 47.8 Å². The van der Waals surface area contributed by atoms with Crippen molar-refractivity contribution in [2.75, 3.05) is 0 Å². The van der Waals surface area contributed by atoms with Crippen LogP contribution in [0.15, 0.2) is 45.3 Å². The number of hydrogen-bond acceptors (Lipinski definition) is 0. The molecular formula is C16H15Br3. The normalized spacial score (nSPS) is 12.5. The summed E-state index contributed by atoms with van der Waals surface area (Å²) in [4.78, 5) is 0.306. The maximum atomic E-state index is 3.81. The van der Waals surface area contributed by atoms with Gasteiger partial charge in [-0.25, -0.2) is 0 Å². The lowest BCUT2D eigenvalue weighted by Crippen LogP contribution is -1.98. The van der Waals surface area contributed by atoms with E-state index in [2.05, 4.69) is 98.0 Å². The van der Waals surface area contributed by atoms with Crippen LogP contribution in [0, 0.1) is 13.8 Å². The fourth-order valence-electron chi connectivity index (χ4n) is 2.06. The molecule has 0 saturated heterocycles. The maximum Gasteiger partial charge on any atom is 0.0447 e. The molecule has 100 valence electrons. The summed E-state index contributed by atoms with van der Waals surface area (Å²) in [6.45, 7) is 4.23. The molecule has 1 unspecified atom stereocenters. The van der Waals surface area contributed by atoms with Crippen LogP contribution in [0.25, 0.3) is 0 Å². The van der Waals surface area contributed by atoms with E-state index in [0.29, 0.717) is 4.83 Å². The van der Waals surface area contributed by atoms with Gasteiger partial charge < -0.3 is 0 Å². The van der Waals surface area contributed by atoms with E-state index in [1.54, 1.807) is 0 Å². The van der Waals surface area contributed by atoms with Crippen molar-refractivity contribution in [3.8, 4) is 0 Å². The molecular weight excluding hydrogens is 432 g/mol. The Morgan fingerprint density at radius 3 is 2.42 bits per heavy atom. The van der Waals surface area contributed by atoms with Gasteiger partial charge in [0.1, 0.15) is 0 Å². The topological polar surface area (TPSA) is 0 Å². The van der Waals surface area contributed by atoms with E-state index >= 15 is 0 Å². The van der Waals surface area contributed by atoms with Crippen LogP contribution in [0.5, 0.6) is 0 Å². The van der Waals surface area contributed by atoms with Crippen LogP contribution in [0.2, 0.25) is 0 Å². The van der Waals surface area contributed by atoms with E-state index in [-0.39, 0.29) is 0 Å². The fourth-order valence-corrected chi connectivity index (χ4v) is 4.21. The van der Waals surface area contributed by atoms with E-state index < -0.39 is 0 Å². The summed E-state index contributed by atoms with van der Waals surface area (Å²) in [6.07, 6.45) is 0.982. The quantitative estimate of drug-likeness (QED) is 0.471. The Morgan fingerprint density at radius 2 is 1.74 bits per heavy atom. The van der Waals surface area contributed by atoms with Gasteiger partial charge in [0.2, 0.25) is 0 Å². The molecule has 0 saturated carbocycles. The zero-order valence-electron chi connectivity index (χ0n) is 10.9. The molecule has 0 fully saturated rings. The van der Waals surface area contributed by atoms with Gasteiger partial charge in [0.05, 0.1) is 0 Å². The second-order valence-corrected chi connectivity index (χ2v) is 7.60. The van der Waals surface area contributed by atoms with Gasteiger partial charge >= 0.3 is 0 Å². The Kier molecular flexibility index (Phi) is 5.27. The van der Waals surface area contributed by atoms with Crippen molar-refractivity contribution in [1.29, 1.82) is 0 Å². The average molecular weight is 447 g/mol. The third-order valence-electron chi connectivity index (χ3n) is 3.11. The van der Waals surface area contributed by atoms with E-state index in [9.17, 15) is 0 Å². The molecule has 2 aromatic rings. The van der Waals surface area contributed by atoms with Crippen LogP contribution in [-0.2, 0) is 6.42 Å². The van der Waals surface area contributed by atoms with Crippen LogP contribution >= 0.6 is 47.8 Å². The lowest BCUT2D eigenvalue weighted by Gasteiger charge is -2.14. The van der Waals surface area contributed by atoms with Gasteiger partial charge in [-0.3, -0.25) is 0 Å². The Balaban J connectivity index is 2.25. The molecule has 19 heavy (non-hydrogen) atoms. The molecule has 0 nitrogen and oxygen atoms in total. The summed E-state index contributed by atoms with van der Waals surface area (Å²) in [5.41, 5.74) is 5.18. The maximum absolute atomic E-state index is 3.81. The smallest absolute Gasteiger partial charge is 0.0447 e. The van der Waals surface area contributed by atoms with Gasteiger partial charge in [0.25, 0.3) is 0 Å². The van der Waals surface area contributed by atoms with Gasteiger partial charge in [-0.1, -0.05) is 77.6 Å². The minimum Gasteiger partial charge on any atom is -0.0835 e. The number of aryl methyl sites for hydroxylation is 2. The van der Waals surface area contributed by atoms with Crippen molar-refractivity contribution in [2.24, 2.45) is 0 Å². The van der Waals surface area contributed by atoms with Crippen molar-refractivity contribution in [2.45, 2.75) is 25.1 Å². The predicted octanol–water partition coefficient (Wildman–Crippen LogP) is 6.51. The summed E-state index contributed by atoms with van der Waals surface area (Å²) >= 11 is 11.1. The molecule has 0 aromatic heterocycles. The minimum absolute atomic E-state index is 0.306. The molecule has 2 rings (SSSR count). The van der Waals surface area contributed by atoms with Crippen LogP contribution in [0.1, 0.15) is 27.1 Å². The average Bonchev–Trinajstić information content (AvgIpc) is 2.33. The largest absolute Gasteiger partial charge is 0.0835 e. The summed E-state index contributed by atoms with van der Waals surface area (Å²) in [5.74, 6) is 0. The molecule has 0 spiro atoms. The second kappa shape index (κ2) is 6.55. The van der Waals surface area contributed by atoms with Gasteiger partial charge in [0.15, 0.2) is 0 Å². The lowest BCUT2D eigenvalue weighted by atomic mass is 10.0. The van der Waals surface area contributed by atoms with Gasteiger partial charge in [0, 0.05) is 13.8 Å². The van der Waals surface area contributed by atoms with Crippen molar-refractivity contribution < 1.29 is 0 Å². The van der Waals surface area contributed by atoms with Crippen LogP contribution in [-0.4, -0.2) is 0 Å². The van der Waals surface area contributed by atoms with Crippen molar-refractivity contribution in [1.82, 2.24) is 0 Å². The van der Waals surface area contributed by atoms with Gasteiger partial charge in [-0.05, 0) is 49.1 Å². The van der Waals surface area contributed by atoms with E-state index in [4.69, 9.17) is 0 Å². The highest BCUT2D eigenvalue weighted by Crippen LogP contribution is 2.35. The minimum atomic E-state index is 0.306. The number of benzene rings is 2. The molecule has 3 heteroatoms. The second-order valence-electron chi connectivity index (χ2n) is 4.78. The molecule has 0 N–H and O–H groups in total. The van der Waals surface area contributed by atoms with Crippen LogP contribution in [0.3, 0.4) is 0 Å². The van der Waals surface area contributed by atoms with Crippen molar-refractivity contribution in [3.63, 3.8) is 0 Å². The van der Waals surface area contributed by atoms with Crippen LogP contribution < -0.4 is 0 Å². The zero-order chi connectivity index (χ0) is 14.0. The number of hydrogen-bond donors (Lipinski definition) is 0. The summed E-state index contributed by atoms with van der Waals surface area (Å²) in [6, 6.07) is 13.0. The van der Waals surface area contributed by atoms with E-state index in [0.717, 1.165) is 15.4 Å². The number of rotatable bonds is 3. The third kappa shape index (κ3) is 3.93. The molecule has 0 aliphatic carbocycles. The monoisotopic (exact) mass is 444 g/mol. The molecule has 0 amide bonds. The summed E-state index contributed by atoms with van der Waals surface area (Å²) < 4.78 is 2.31. The molecule has 0 aliphatic rings. The standard InChI is InChI=1S/C16H15Br3/c1-10-4-3-5-12(6-10)8-16(19)13-9-14(17)11(2)7-15(13)18/h3-7,9,16H,8H2,1-2H3. The Morgan fingerprint density at radius 1 is 1.00 bits per heavy atom. The lowest BCUT2D eigenvalue weighted by molar-refractivity contribution is 0.939. The highest BCUT2D eigenvalue weighted by atomic mass is 79.9. The first kappa shape index (κ1) is 15.3. The third-order valence-corrected chi connectivity index (χ3v) is 5.47. The van der Waals surface area contributed by atoms with Gasteiger partial charge in [-0.2, -0.15) is 0 Å². The molecule has 0 bridgehead atoms. The summed E-state index contributed by atoms with van der Waals surface area (Å²) in [5, 5.41) is 0. The zero-order valence-corrected chi connectivity index (χ0v) is 15.6.